The predicted octanol–water partition coefficient (Wildman–Crippen LogP) is 3.66. The molecule has 0 saturated carbocycles. The van der Waals surface area contributed by atoms with Crippen LogP contribution >= 0.6 is 11.6 Å². The summed E-state index contributed by atoms with van der Waals surface area (Å²) in [7, 11) is 3.06. The Morgan fingerprint density at radius 1 is 1.19 bits per heavy atom. The summed E-state index contributed by atoms with van der Waals surface area (Å²) in [6.45, 7) is 2.38. The summed E-state index contributed by atoms with van der Waals surface area (Å²) in [4.78, 5) is 27.2. The van der Waals surface area contributed by atoms with Crippen molar-refractivity contribution in [3.8, 4) is 11.5 Å². The standard InChI is InChI=1S/C20H21ClN2O4/c1-12-4-5-13(21)10-17(12)23-9-8-15(20(23)25)19(24)22-16-7-6-14(26-2)11-18(16)27-3/h4-7,10-11,15H,8-9H2,1-3H3,(H,22,24). The number of hydrogen-bond donors (Lipinski definition) is 1. The molecule has 142 valence electrons. The molecule has 2 amide bonds. The number of anilines is 2. The average molecular weight is 389 g/mol. The van der Waals surface area contributed by atoms with Crippen molar-refractivity contribution in [3.05, 3.63) is 47.0 Å². The van der Waals surface area contributed by atoms with Crippen molar-refractivity contribution < 1.29 is 19.1 Å². The Morgan fingerprint density at radius 3 is 2.67 bits per heavy atom. The molecule has 1 saturated heterocycles. The van der Waals surface area contributed by atoms with Crippen molar-refractivity contribution in [2.24, 2.45) is 5.92 Å². The van der Waals surface area contributed by atoms with Gasteiger partial charge in [-0.05, 0) is 43.2 Å². The van der Waals surface area contributed by atoms with Gasteiger partial charge in [0.25, 0.3) is 0 Å². The molecule has 1 aliphatic rings. The van der Waals surface area contributed by atoms with E-state index in [1.165, 1.54) is 7.11 Å². The maximum Gasteiger partial charge on any atom is 0.239 e. The Kier molecular flexibility index (Phi) is 5.56. The van der Waals surface area contributed by atoms with E-state index in [2.05, 4.69) is 5.32 Å². The minimum atomic E-state index is -0.754. The minimum Gasteiger partial charge on any atom is -0.497 e. The van der Waals surface area contributed by atoms with E-state index in [0.29, 0.717) is 35.2 Å². The fraction of sp³-hybridized carbons (Fsp3) is 0.300. The van der Waals surface area contributed by atoms with Crippen LogP contribution in [0.4, 0.5) is 11.4 Å². The average Bonchev–Trinajstić information content (AvgIpc) is 3.05. The summed E-state index contributed by atoms with van der Waals surface area (Å²) in [6.07, 6.45) is 0.440. The molecule has 27 heavy (non-hydrogen) atoms. The Labute approximate surface area is 163 Å². The number of halogens is 1. The van der Waals surface area contributed by atoms with Gasteiger partial charge in [0.2, 0.25) is 11.8 Å². The molecule has 2 aromatic carbocycles. The van der Waals surface area contributed by atoms with E-state index in [1.54, 1.807) is 42.3 Å². The lowest BCUT2D eigenvalue weighted by atomic mass is 10.1. The van der Waals surface area contributed by atoms with E-state index >= 15 is 0 Å². The third-order valence-electron chi connectivity index (χ3n) is 4.65. The lowest BCUT2D eigenvalue weighted by Crippen LogP contribution is -2.33. The molecular weight excluding hydrogens is 368 g/mol. The van der Waals surface area contributed by atoms with Crippen LogP contribution in [0, 0.1) is 12.8 Å². The lowest BCUT2D eigenvalue weighted by molar-refractivity contribution is -0.129. The molecule has 0 radical (unpaired) electrons. The van der Waals surface area contributed by atoms with Gasteiger partial charge in [0.05, 0.1) is 19.9 Å². The van der Waals surface area contributed by atoms with Crippen molar-refractivity contribution in [2.45, 2.75) is 13.3 Å². The SMILES string of the molecule is COc1ccc(NC(=O)C2CCN(c3cc(Cl)ccc3C)C2=O)c(OC)c1. The molecule has 3 rings (SSSR count). The Bertz CT molecular complexity index is 884. The molecule has 2 aromatic rings. The van der Waals surface area contributed by atoms with Crippen LogP contribution in [-0.4, -0.2) is 32.6 Å². The predicted molar refractivity (Wildman–Crippen MR) is 105 cm³/mol. The number of aryl methyl sites for hydroxylation is 1. The second kappa shape index (κ2) is 7.88. The highest BCUT2D eigenvalue weighted by molar-refractivity contribution is 6.31. The Hall–Kier alpha value is -2.73. The number of amides is 2. The van der Waals surface area contributed by atoms with Crippen LogP contribution in [0.1, 0.15) is 12.0 Å². The van der Waals surface area contributed by atoms with Crippen molar-refractivity contribution in [3.63, 3.8) is 0 Å². The van der Waals surface area contributed by atoms with Gasteiger partial charge in [0, 0.05) is 23.3 Å². The normalized spacial score (nSPS) is 16.4. The van der Waals surface area contributed by atoms with Crippen molar-refractivity contribution in [2.75, 3.05) is 31.0 Å². The zero-order valence-corrected chi connectivity index (χ0v) is 16.2. The van der Waals surface area contributed by atoms with E-state index < -0.39 is 5.92 Å². The zero-order chi connectivity index (χ0) is 19.6. The first-order valence-corrected chi connectivity index (χ1v) is 8.93. The summed E-state index contributed by atoms with van der Waals surface area (Å²) in [6, 6.07) is 10.5. The molecule has 1 N–H and O–H groups in total. The van der Waals surface area contributed by atoms with Gasteiger partial charge in [-0.1, -0.05) is 17.7 Å². The molecule has 1 aliphatic heterocycles. The number of nitrogens with one attached hydrogen (secondary N) is 1. The molecule has 0 bridgehead atoms. The molecular formula is C20H21ClN2O4. The number of nitrogens with zero attached hydrogens (tertiary/aromatic N) is 1. The second-order valence-electron chi connectivity index (χ2n) is 6.32. The van der Waals surface area contributed by atoms with Crippen LogP contribution in [0.5, 0.6) is 11.5 Å². The van der Waals surface area contributed by atoms with Crippen LogP contribution in [0.2, 0.25) is 5.02 Å². The third kappa shape index (κ3) is 3.85. The first kappa shape index (κ1) is 19.0. The van der Waals surface area contributed by atoms with Crippen molar-refractivity contribution in [1.29, 1.82) is 0 Å². The minimum absolute atomic E-state index is 0.231. The van der Waals surface area contributed by atoms with Gasteiger partial charge in [-0.25, -0.2) is 0 Å². The number of benzene rings is 2. The van der Waals surface area contributed by atoms with Crippen LogP contribution in [0.25, 0.3) is 0 Å². The number of ether oxygens (including phenoxy) is 2. The van der Waals surface area contributed by atoms with Crippen molar-refractivity contribution in [1.82, 2.24) is 0 Å². The van der Waals surface area contributed by atoms with Crippen LogP contribution in [0.15, 0.2) is 36.4 Å². The highest BCUT2D eigenvalue weighted by Crippen LogP contribution is 2.33. The van der Waals surface area contributed by atoms with Crippen molar-refractivity contribution >= 4 is 34.8 Å². The highest BCUT2D eigenvalue weighted by atomic mass is 35.5. The first-order chi connectivity index (χ1) is 12.9. The Morgan fingerprint density at radius 2 is 1.96 bits per heavy atom. The van der Waals surface area contributed by atoms with Gasteiger partial charge in [-0.2, -0.15) is 0 Å². The molecule has 0 spiro atoms. The first-order valence-electron chi connectivity index (χ1n) is 8.55. The molecule has 1 atom stereocenters. The summed E-state index contributed by atoms with van der Waals surface area (Å²) >= 11 is 6.07. The van der Waals surface area contributed by atoms with Gasteiger partial charge < -0.3 is 19.7 Å². The summed E-state index contributed by atoms with van der Waals surface area (Å²) < 4.78 is 10.4. The third-order valence-corrected chi connectivity index (χ3v) is 4.89. The highest BCUT2D eigenvalue weighted by Gasteiger charge is 2.38. The van der Waals surface area contributed by atoms with Gasteiger partial charge >= 0.3 is 0 Å². The van der Waals surface area contributed by atoms with E-state index in [9.17, 15) is 9.59 Å². The molecule has 7 heteroatoms. The maximum absolute atomic E-state index is 12.8. The smallest absolute Gasteiger partial charge is 0.239 e. The zero-order valence-electron chi connectivity index (χ0n) is 15.4. The fourth-order valence-corrected chi connectivity index (χ4v) is 3.32. The van der Waals surface area contributed by atoms with Gasteiger partial charge in [-0.15, -0.1) is 0 Å². The molecule has 1 fully saturated rings. The molecule has 1 unspecified atom stereocenters. The van der Waals surface area contributed by atoms with Crippen LogP contribution < -0.4 is 19.7 Å². The fourth-order valence-electron chi connectivity index (χ4n) is 3.16. The number of methoxy groups -OCH3 is 2. The van der Waals surface area contributed by atoms with Gasteiger partial charge in [-0.3, -0.25) is 9.59 Å². The molecule has 6 nitrogen and oxygen atoms in total. The van der Waals surface area contributed by atoms with Crippen LogP contribution in [0.3, 0.4) is 0 Å². The lowest BCUT2D eigenvalue weighted by Gasteiger charge is -2.19. The van der Waals surface area contributed by atoms with Crippen LogP contribution in [-0.2, 0) is 9.59 Å². The van der Waals surface area contributed by atoms with Gasteiger partial charge in [0.15, 0.2) is 0 Å². The maximum atomic E-state index is 12.8. The van der Waals surface area contributed by atoms with E-state index in [4.69, 9.17) is 21.1 Å². The Balaban J connectivity index is 1.77. The second-order valence-corrected chi connectivity index (χ2v) is 6.75. The van der Waals surface area contributed by atoms with E-state index in [0.717, 1.165) is 11.3 Å². The monoisotopic (exact) mass is 388 g/mol. The molecule has 0 aliphatic carbocycles. The van der Waals surface area contributed by atoms with E-state index in [-0.39, 0.29) is 11.8 Å². The molecule has 0 aromatic heterocycles. The topological polar surface area (TPSA) is 67.9 Å². The number of carbonyl (C=O) groups is 2. The summed E-state index contributed by atoms with van der Waals surface area (Å²) in [5.41, 5.74) is 2.17. The number of rotatable bonds is 5. The summed E-state index contributed by atoms with van der Waals surface area (Å²) in [5, 5.41) is 3.34. The molecule has 1 heterocycles. The van der Waals surface area contributed by atoms with Gasteiger partial charge in [0.1, 0.15) is 17.4 Å². The quantitative estimate of drug-likeness (QED) is 0.794. The summed E-state index contributed by atoms with van der Waals surface area (Å²) in [5.74, 6) is -0.258. The number of hydrogen-bond acceptors (Lipinski definition) is 4. The largest absolute Gasteiger partial charge is 0.497 e. The van der Waals surface area contributed by atoms with E-state index in [1.807, 2.05) is 13.0 Å². The number of carbonyl (C=O) groups excluding carboxylic acids is 2.